The van der Waals surface area contributed by atoms with Gasteiger partial charge in [-0.15, -0.1) is 0 Å². The molecule has 0 spiro atoms. The third-order valence-electron chi connectivity index (χ3n) is 7.59. The first-order chi connectivity index (χ1) is 19.9. The summed E-state index contributed by atoms with van der Waals surface area (Å²) in [6.07, 6.45) is -6.98. The van der Waals surface area contributed by atoms with Gasteiger partial charge in [0.05, 0.1) is 12.2 Å². The van der Waals surface area contributed by atoms with E-state index in [0.29, 0.717) is 49.0 Å². The molecule has 42 heavy (non-hydrogen) atoms. The molecule has 2 fully saturated rings. The number of alkyl halides is 6. The van der Waals surface area contributed by atoms with Crippen molar-refractivity contribution in [1.29, 1.82) is 0 Å². The minimum atomic E-state index is -4.90. The summed E-state index contributed by atoms with van der Waals surface area (Å²) in [6, 6.07) is 8.08. The molecule has 2 aliphatic rings. The molecule has 2 unspecified atom stereocenters. The quantitative estimate of drug-likeness (QED) is 0.264. The molecule has 1 N–H and O–H groups in total. The fraction of sp³-hybridized carbons (Fsp3) is 0.444. The molecule has 0 aliphatic carbocycles. The maximum atomic E-state index is 13.9. The van der Waals surface area contributed by atoms with Crippen molar-refractivity contribution in [2.24, 2.45) is 0 Å². The van der Waals surface area contributed by atoms with E-state index in [1.807, 2.05) is 15.9 Å². The number of aromatic carboxylic acids is 1. The lowest BCUT2D eigenvalue weighted by atomic mass is 10.00. The summed E-state index contributed by atoms with van der Waals surface area (Å²) >= 11 is 6.32. The standard InChI is InChI=1S/C27H27ClF6N6O2/c28-17-4-5-19(16-3-6-22(35-13-16)37-8-10-38(11-9-37)25(31)24(29)30)21(12-17)39-7-1-2-18(15-39)40-23(27(32,33)34)20(14-36-40)26(41)42/h3-6,12-14,18,24-25H,1-2,7-11,15H2,(H,41,42). The Labute approximate surface area is 242 Å². The number of pyridine rings is 1. The van der Waals surface area contributed by atoms with Gasteiger partial charge in [0.25, 0.3) is 6.43 Å². The largest absolute Gasteiger partial charge is 0.478 e. The zero-order chi connectivity index (χ0) is 30.2. The van der Waals surface area contributed by atoms with Gasteiger partial charge in [-0.3, -0.25) is 9.58 Å². The first-order valence-corrected chi connectivity index (χ1v) is 13.6. The van der Waals surface area contributed by atoms with E-state index in [-0.39, 0.29) is 19.6 Å². The summed E-state index contributed by atoms with van der Waals surface area (Å²) in [6.45, 7) is 1.60. The fourth-order valence-electron chi connectivity index (χ4n) is 5.55. The molecule has 8 nitrogen and oxygen atoms in total. The van der Waals surface area contributed by atoms with Gasteiger partial charge in [-0.05, 0) is 37.1 Å². The molecular weight excluding hydrogens is 590 g/mol. The van der Waals surface area contributed by atoms with Gasteiger partial charge in [0.2, 0.25) is 6.30 Å². The van der Waals surface area contributed by atoms with Crippen LogP contribution in [-0.4, -0.2) is 82.7 Å². The number of hydrogen-bond donors (Lipinski definition) is 1. The third kappa shape index (κ3) is 6.14. The highest BCUT2D eigenvalue weighted by atomic mass is 35.5. The summed E-state index contributed by atoms with van der Waals surface area (Å²) in [7, 11) is 0. The summed E-state index contributed by atoms with van der Waals surface area (Å²) < 4.78 is 81.4. The van der Waals surface area contributed by atoms with E-state index in [1.54, 1.807) is 30.5 Å². The molecular formula is C27H27ClF6N6O2. The number of carboxylic acids is 1. The Morgan fingerprint density at radius 3 is 2.36 bits per heavy atom. The second-order valence-electron chi connectivity index (χ2n) is 10.2. The number of piperazine rings is 1. The van der Waals surface area contributed by atoms with E-state index >= 15 is 0 Å². The van der Waals surface area contributed by atoms with Crippen molar-refractivity contribution < 1.29 is 36.2 Å². The lowest BCUT2D eigenvalue weighted by molar-refractivity contribution is -0.145. The first-order valence-electron chi connectivity index (χ1n) is 13.2. The predicted molar refractivity (Wildman–Crippen MR) is 144 cm³/mol. The van der Waals surface area contributed by atoms with Crippen LogP contribution >= 0.6 is 11.6 Å². The first kappa shape index (κ1) is 30.0. The molecule has 0 radical (unpaired) electrons. The molecule has 1 aromatic carbocycles. The van der Waals surface area contributed by atoms with E-state index in [1.165, 1.54) is 0 Å². The second kappa shape index (κ2) is 12.0. The average Bonchev–Trinajstić information content (AvgIpc) is 3.44. The van der Waals surface area contributed by atoms with Gasteiger partial charge < -0.3 is 14.9 Å². The number of hydrogen-bond acceptors (Lipinski definition) is 6. The number of carbonyl (C=O) groups is 1. The predicted octanol–water partition coefficient (Wildman–Crippen LogP) is 5.84. The number of anilines is 2. The highest BCUT2D eigenvalue weighted by molar-refractivity contribution is 6.31. The van der Waals surface area contributed by atoms with Crippen LogP contribution in [0.2, 0.25) is 5.02 Å². The Bertz CT molecular complexity index is 1410. The van der Waals surface area contributed by atoms with Crippen LogP contribution in [0.4, 0.5) is 37.8 Å². The Morgan fingerprint density at radius 2 is 1.74 bits per heavy atom. The van der Waals surface area contributed by atoms with Crippen molar-refractivity contribution in [3.63, 3.8) is 0 Å². The van der Waals surface area contributed by atoms with Crippen molar-refractivity contribution in [3.05, 3.63) is 59.0 Å². The van der Waals surface area contributed by atoms with Crippen LogP contribution in [0.5, 0.6) is 0 Å². The van der Waals surface area contributed by atoms with Gasteiger partial charge in [0.1, 0.15) is 11.4 Å². The van der Waals surface area contributed by atoms with Crippen LogP contribution in [0.1, 0.15) is 34.9 Å². The molecule has 5 rings (SSSR count). The van der Waals surface area contributed by atoms with Gasteiger partial charge >= 0.3 is 12.1 Å². The SMILES string of the molecule is O=C(O)c1cnn(C2CCCN(c3cc(Cl)ccc3-c3ccc(N4CCN(C(F)C(F)F)CC4)nc3)C2)c1C(F)(F)F. The van der Waals surface area contributed by atoms with E-state index < -0.39 is 42.2 Å². The summed E-state index contributed by atoms with van der Waals surface area (Å²) in [5, 5.41) is 13.5. The molecule has 0 saturated carbocycles. The van der Waals surface area contributed by atoms with Crippen molar-refractivity contribution >= 4 is 29.1 Å². The third-order valence-corrected chi connectivity index (χ3v) is 7.83. The van der Waals surface area contributed by atoms with Crippen molar-refractivity contribution in [2.45, 2.75) is 37.8 Å². The van der Waals surface area contributed by atoms with Gasteiger partial charge in [-0.1, -0.05) is 17.7 Å². The van der Waals surface area contributed by atoms with E-state index in [0.717, 1.165) is 26.9 Å². The highest BCUT2D eigenvalue weighted by Gasteiger charge is 2.42. The molecule has 3 aromatic rings. The zero-order valence-electron chi connectivity index (χ0n) is 22.1. The number of nitrogens with zero attached hydrogens (tertiary/aromatic N) is 6. The van der Waals surface area contributed by atoms with Crippen LogP contribution in [0.15, 0.2) is 42.7 Å². The van der Waals surface area contributed by atoms with Crippen LogP contribution in [-0.2, 0) is 6.18 Å². The topological polar surface area (TPSA) is 77.7 Å². The zero-order valence-corrected chi connectivity index (χ0v) is 22.9. The number of aromatic nitrogens is 3. The number of halogens is 7. The van der Waals surface area contributed by atoms with Crippen LogP contribution in [0.25, 0.3) is 11.1 Å². The number of benzene rings is 1. The second-order valence-corrected chi connectivity index (χ2v) is 10.6. The fourth-order valence-corrected chi connectivity index (χ4v) is 5.72. The summed E-state index contributed by atoms with van der Waals surface area (Å²) in [5.41, 5.74) is -0.0467. The van der Waals surface area contributed by atoms with Crippen molar-refractivity contribution in [2.75, 3.05) is 49.1 Å². The maximum Gasteiger partial charge on any atom is 0.433 e. The molecule has 0 bridgehead atoms. The van der Waals surface area contributed by atoms with Crippen molar-refractivity contribution in [3.8, 4) is 11.1 Å². The number of rotatable bonds is 7. The molecule has 2 saturated heterocycles. The minimum absolute atomic E-state index is 0.132. The van der Waals surface area contributed by atoms with Crippen LogP contribution < -0.4 is 9.80 Å². The lowest BCUT2D eigenvalue weighted by Gasteiger charge is -2.37. The van der Waals surface area contributed by atoms with Gasteiger partial charge in [-0.25, -0.2) is 22.9 Å². The highest BCUT2D eigenvalue weighted by Crippen LogP contribution is 2.39. The monoisotopic (exact) mass is 616 g/mol. The van der Waals surface area contributed by atoms with E-state index in [2.05, 4.69) is 10.1 Å². The molecule has 226 valence electrons. The molecule has 0 amide bonds. The van der Waals surface area contributed by atoms with Gasteiger partial charge in [0.15, 0.2) is 5.69 Å². The number of piperidine rings is 1. The normalized spacial score (nSPS) is 19.4. The Morgan fingerprint density at radius 1 is 1.00 bits per heavy atom. The van der Waals surface area contributed by atoms with Crippen LogP contribution in [0.3, 0.4) is 0 Å². The Balaban J connectivity index is 1.37. The molecule has 2 aromatic heterocycles. The minimum Gasteiger partial charge on any atom is -0.478 e. The Hall–Kier alpha value is -3.52. The lowest BCUT2D eigenvalue weighted by Crippen LogP contribution is -2.51. The smallest absolute Gasteiger partial charge is 0.433 e. The van der Waals surface area contributed by atoms with Crippen LogP contribution in [0, 0.1) is 0 Å². The van der Waals surface area contributed by atoms with Gasteiger partial charge in [0, 0.05) is 67.3 Å². The average molecular weight is 617 g/mol. The molecule has 2 atom stereocenters. The molecule has 2 aliphatic heterocycles. The maximum absolute atomic E-state index is 13.9. The van der Waals surface area contributed by atoms with E-state index in [9.17, 15) is 36.2 Å². The number of carboxylic acid groups (broad SMARTS) is 1. The molecule has 4 heterocycles. The molecule has 15 heteroatoms. The summed E-state index contributed by atoms with van der Waals surface area (Å²) in [4.78, 5) is 20.9. The Kier molecular flexibility index (Phi) is 8.56. The summed E-state index contributed by atoms with van der Waals surface area (Å²) in [5.74, 6) is -1.09. The van der Waals surface area contributed by atoms with Crippen molar-refractivity contribution in [1.82, 2.24) is 19.7 Å². The van der Waals surface area contributed by atoms with E-state index in [4.69, 9.17) is 11.6 Å². The van der Waals surface area contributed by atoms with Gasteiger partial charge in [-0.2, -0.15) is 18.3 Å².